The zero-order valence-electron chi connectivity index (χ0n) is 6.29. The van der Waals surface area contributed by atoms with Gasteiger partial charge in [0.2, 0.25) is 0 Å². The summed E-state index contributed by atoms with van der Waals surface area (Å²) in [7, 11) is 0. The Morgan fingerprint density at radius 2 is 2.30 bits per heavy atom. The van der Waals surface area contributed by atoms with Crippen molar-refractivity contribution in [2.24, 2.45) is 5.92 Å². The van der Waals surface area contributed by atoms with Crippen LogP contribution in [0.4, 0.5) is 4.79 Å². The van der Waals surface area contributed by atoms with E-state index in [4.69, 9.17) is 5.11 Å². The van der Waals surface area contributed by atoms with E-state index in [-0.39, 0.29) is 0 Å². The Hall–Kier alpha value is -0.990. The highest BCUT2D eigenvalue weighted by molar-refractivity contribution is 5.64. The van der Waals surface area contributed by atoms with E-state index in [2.05, 4.69) is 5.32 Å². The zero-order valence-corrected chi connectivity index (χ0v) is 6.29. The second-order valence-corrected chi connectivity index (χ2v) is 2.36. The molecule has 3 heteroatoms. The van der Waals surface area contributed by atoms with Crippen LogP contribution in [0.3, 0.4) is 0 Å². The predicted molar refractivity (Wildman–Crippen MR) is 40.0 cm³/mol. The van der Waals surface area contributed by atoms with Crippen molar-refractivity contribution in [2.45, 2.75) is 13.8 Å². The molecule has 0 saturated carbocycles. The van der Waals surface area contributed by atoms with Gasteiger partial charge in [-0.1, -0.05) is 26.0 Å². The van der Waals surface area contributed by atoms with Crippen LogP contribution in [0.2, 0.25) is 0 Å². The van der Waals surface area contributed by atoms with Crippen molar-refractivity contribution >= 4 is 6.09 Å². The number of amides is 1. The first-order chi connectivity index (χ1) is 4.63. The molecular weight excluding hydrogens is 130 g/mol. The fraction of sp³-hybridized carbons (Fsp3) is 0.571. The van der Waals surface area contributed by atoms with Gasteiger partial charge in [0.05, 0.1) is 0 Å². The first-order valence-electron chi connectivity index (χ1n) is 3.26. The SMILES string of the molecule is CC(C)C=CCNC(=O)O. The Labute approximate surface area is 60.7 Å². The maximum absolute atomic E-state index is 9.90. The number of nitrogens with one attached hydrogen (secondary N) is 1. The maximum Gasteiger partial charge on any atom is 0.404 e. The molecule has 1 amide bonds. The average Bonchev–Trinajstić information content (AvgIpc) is 1.79. The topological polar surface area (TPSA) is 49.3 Å². The van der Waals surface area contributed by atoms with Gasteiger partial charge in [-0.3, -0.25) is 0 Å². The second-order valence-electron chi connectivity index (χ2n) is 2.36. The highest BCUT2D eigenvalue weighted by Crippen LogP contribution is 1.91. The number of carbonyl (C=O) groups is 1. The summed E-state index contributed by atoms with van der Waals surface area (Å²) in [5, 5.41) is 10.4. The predicted octanol–water partition coefficient (Wildman–Crippen LogP) is 1.47. The molecule has 3 nitrogen and oxygen atoms in total. The van der Waals surface area contributed by atoms with Crippen LogP contribution in [0.1, 0.15) is 13.8 Å². The number of hydrogen-bond donors (Lipinski definition) is 2. The molecule has 0 saturated heterocycles. The summed E-state index contributed by atoms with van der Waals surface area (Å²) < 4.78 is 0. The molecule has 0 unspecified atom stereocenters. The Kier molecular flexibility index (Phi) is 4.37. The van der Waals surface area contributed by atoms with Crippen LogP contribution in [0.15, 0.2) is 12.2 Å². The van der Waals surface area contributed by atoms with Crippen molar-refractivity contribution in [3.8, 4) is 0 Å². The first kappa shape index (κ1) is 9.01. The van der Waals surface area contributed by atoms with Crippen LogP contribution in [0.5, 0.6) is 0 Å². The Balaban J connectivity index is 3.27. The highest BCUT2D eigenvalue weighted by Gasteiger charge is 1.88. The molecule has 58 valence electrons. The molecule has 0 bridgehead atoms. The van der Waals surface area contributed by atoms with E-state index in [1.807, 2.05) is 19.9 Å². The summed E-state index contributed by atoms with van der Waals surface area (Å²) in [5.74, 6) is 0.482. The molecule has 0 aromatic carbocycles. The number of rotatable bonds is 3. The van der Waals surface area contributed by atoms with E-state index in [9.17, 15) is 4.79 Å². The van der Waals surface area contributed by atoms with Gasteiger partial charge in [-0.2, -0.15) is 0 Å². The van der Waals surface area contributed by atoms with E-state index in [0.29, 0.717) is 12.5 Å². The molecule has 10 heavy (non-hydrogen) atoms. The lowest BCUT2D eigenvalue weighted by atomic mass is 10.2. The molecule has 2 N–H and O–H groups in total. The fourth-order valence-corrected chi connectivity index (χ4v) is 0.486. The second kappa shape index (κ2) is 4.85. The molecule has 0 aromatic heterocycles. The fourth-order valence-electron chi connectivity index (χ4n) is 0.486. The summed E-state index contributed by atoms with van der Waals surface area (Å²) in [6, 6.07) is 0. The van der Waals surface area contributed by atoms with Gasteiger partial charge in [-0.05, 0) is 5.92 Å². The molecule has 0 atom stereocenters. The van der Waals surface area contributed by atoms with Crippen LogP contribution >= 0.6 is 0 Å². The Bertz CT molecular complexity index is 130. The van der Waals surface area contributed by atoms with Gasteiger partial charge in [0.25, 0.3) is 0 Å². The first-order valence-corrected chi connectivity index (χ1v) is 3.26. The monoisotopic (exact) mass is 143 g/mol. The molecule has 0 aromatic rings. The molecule has 0 spiro atoms. The van der Waals surface area contributed by atoms with Crippen molar-refractivity contribution in [1.82, 2.24) is 5.32 Å². The van der Waals surface area contributed by atoms with E-state index >= 15 is 0 Å². The number of allylic oxidation sites excluding steroid dienone is 1. The standard InChI is InChI=1S/C7H13NO2/c1-6(2)4-3-5-8-7(9)10/h3-4,6,8H,5H2,1-2H3,(H,9,10). The summed E-state index contributed by atoms with van der Waals surface area (Å²) in [4.78, 5) is 9.90. The molecular formula is C7H13NO2. The van der Waals surface area contributed by atoms with Gasteiger partial charge in [0, 0.05) is 6.54 Å². The lowest BCUT2D eigenvalue weighted by Gasteiger charge is -1.94. The lowest BCUT2D eigenvalue weighted by Crippen LogP contribution is -2.20. The summed E-state index contributed by atoms with van der Waals surface area (Å²) in [6.07, 6.45) is 2.78. The van der Waals surface area contributed by atoms with Crippen molar-refractivity contribution in [3.05, 3.63) is 12.2 Å². The van der Waals surface area contributed by atoms with Crippen LogP contribution < -0.4 is 5.32 Å². The van der Waals surface area contributed by atoms with Gasteiger partial charge in [-0.25, -0.2) is 4.79 Å². The quantitative estimate of drug-likeness (QED) is 0.588. The molecule has 0 aliphatic heterocycles. The third kappa shape index (κ3) is 7.01. The molecule has 0 aliphatic rings. The average molecular weight is 143 g/mol. The van der Waals surface area contributed by atoms with Crippen molar-refractivity contribution in [2.75, 3.05) is 6.54 Å². The molecule has 0 radical (unpaired) electrons. The third-order valence-electron chi connectivity index (χ3n) is 0.892. The largest absolute Gasteiger partial charge is 0.465 e. The maximum atomic E-state index is 9.90. The van der Waals surface area contributed by atoms with Crippen molar-refractivity contribution in [1.29, 1.82) is 0 Å². The summed E-state index contributed by atoms with van der Waals surface area (Å²) >= 11 is 0. The lowest BCUT2D eigenvalue weighted by molar-refractivity contribution is 0.195. The van der Waals surface area contributed by atoms with Gasteiger partial charge < -0.3 is 10.4 Å². The smallest absolute Gasteiger partial charge is 0.404 e. The van der Waals surface area contributed by atoms with Gasteiger partial charge in [0.15, 0.2) is 0 Å². The van der Waals surface area contributed by atoms with E-state index in [1.54, 1.807) is 6.08 Å². The molecule has 0 heterocycles. The minimum Gasteiger partial charge on any atom is -0.465 e. The summed E-state index contributed by atoms with van der Waals surface area (Å²) in [6.45, 7) is 4.47. The molecule has 0 fully saturated rings. The normalized spacial score (nSPS) is 10.7. The minimum atomic E-state index is -0.978. The van der Waals surface area contributed by atoms with Crippen molar-refractivity contribution < 1.29 is 9.90 Å². The zero-order chi connectivity index (χ0) is 7.98. The van der Waals surface area contributed by atoms with E-state index < -0.39 is 6.09 Å². The van der Waals surface area contributed by atoms with Gasteiger partial charge in [-0.15, -0.1) is 0 Å². The number of carboxylic acid groups (broad SMARTS) is 1. The van der Waals surface area contributed by atoms with Crippen molar-refractivity contribution in [3.63, 3.8) is 0 Å². The van der Waals surface area contributed by atoms with Crippen LogP contribution in [0.25, 0.3) is 0 Å². The summed E-state index contributed by atoms with van der Waals surface area (Å²) in [5.41, 5.74) is 0. The Morgan fingerprint density at radius 1 is 1.70 bits per heavy atom. The highest BCUT2D eigenvalue weighted by atomic mass is 16.4. The van der Waals surface area contributed by atoms with Gasteiger partial charge >= 0.3 is 6.09 Å². The van der Waals surface area contributed by atoms with E-state index in [0.717, 1.165) is 0 Å². The number of hydrogen-bond acceptors (Lipinski definition) is 1. The van der Waals surface area contributed by atoms with E-state index in [1.165, 1.54) is 0 Å². The van der Waals surface area contributed by atoms with Gasteiger partial charge in [0.1, 0.15) is 0 Å². The molecule has 0 rings (SSSR count). The Morgan fingerprint density at radius 3 is 2.70 bits per heavy atom. The third-order valence-corrected chi connectivity index (χ3v) is 0.892. The molecule has 0 aliphatic carbocycles. The van der Waals surface area contributed by atoms with Crippen LogP contribution in [-0.4, -0.2) is 17.7 Å². The minimum absolute atomic E-state index is 0.396. The van der Waals surface area contributed by atoms with Crippen LogP contribution in [-0.2, 0) is 0 Å². The van der Waals surface area contributed by atoms with Crippen LogP contribution in [0, 0.1) is 5.92 Å².